The second-order valence-electron chi connectivity index (χ2n) is 8.35. The number of nitrogens with zero attached hydrogens (tertiary/aromatic N) is 5. The largest absolute Gasteiger partial charge is 0.341 e. The Bertz CT molecular complexity index is 1060. The molecule has 154 valence electrons. The molecule has 4 heterocycles. The molecule has 2 fully saturated rings. The van der Waals surface area contributed by atoms with Crippen LogP contribution in [0.5, 0.6) is 0 Å². The van der Waals surface area contributed by atoms with Crippen LogP contribution in [0.4, 0.5) is 4.39 Å². The molecule has 3 aromatic rings. The van der Waals surface area contributed by atoms with Crippen LogP contribution in [0.15, 0.2) is 53.3 Å². The summed E-state index contributed by atoms with van der Waals surface area (Å²) in [7, 11) is 2.04. The molecule has 1 atom stereocenters. The molecule has 2 aromatic heterocycles. The predicted octanol–water partition coefficient (Wildman–Crippen LogP) is 2.72. The highest BCUT2D eigenvalue weighted by Gasteiger charge is 2.53. The van der Waals surface area contributed by atoms with E-state index in [0.29, 0.717) is 30.4 Å². The van der Waals surface area contributed by atoms with Crippen molar-refractivity contribution in [2.45, 2.75) is 18.9 Å². The quantitative estimate of drug-likeness (QED) is 0.662. The van der Waals surface area contributed by atoms with Gasteiger partial charge in [0.15, 0.2) is 0 Å². The van der Waals surface area contributed by atoms with Gasteiger partial charge in [-0.25, -0.2) is 4.39 Å². The van der Waals surface area contributed by atoms with Crippen LogP contribution in [-0.2, 0) is 11.2 Å². The maximum absolute atomic E-state index is 13.8. The van der Waals surface area contributed by atoms with E-state index in [2.05, 4.69) is 20.0 Å². The molecule has 1 amide bonds. The fourth-order valence-corrected chi connectivity index (χ4v) is 4.61. The summed E-state index contributed by atoms with van der Waals surface area (Å²) in [5.74, 6) is 0.753. The summed E-state index contributed by atoms with van der Waals surface area (Å²) >= 11 is 0. The number of likely N-dealkylation sites (tertiary alicyclic amines) is 2. The third-order valence-corrected chi connectivity index (χ3v) is 6.09. The highest BCUT2D eigenvalue weighted by molar-refractivity contribution is 5.79. The van der Waals surface area contributed by atoms with Gasteiger partial charge in [-0.3, -0.25) is 14.7 Å². The summed E-state index contributed by atoms with van der Waals surface area (Å²) < 4.78 is 19.4. The number of carbonyl (C=O) groups is 1. The van der Waals surface area contributed by atoms with Crippen molar-refractivity contribution >= 4 is 5.91 Å². The van der Waals surface area contributed by atoms with E-state index in [1.807, 2.05) is 24.1 Å². The number of pyridine rings is 1. The van der Waals surface area contributed by atoms with Gasteiger partial charge in [-0.15, -0.1) is 0 Å². The molecule has 30 heavy (non-hydrogen) atoms. The van der Waals surface area contributed by atoms with Crippen molar-refractivity contribution in [2.24, 2.45) is 5.41 Å². The van der Waals surface area contributed by atoms with Crippen LogP contribution in [0.3, 0.4) is 0 Å². The average molecular weight is 407 g/mol. The average Bonchev–Trinajstić information content (AvgIpc) is 3.34. The van der Waals surface area contributed by atoms with Gasteiger partial charge in [-0.2, -0.15) is 4.98 Å². The zero-order valence-corrected chi connectivity index (χ0v) is 16.7. The lowest BCUT2D eigenvalue weighted by atomic mass is 9.77. The topological polar surface area (TPSA) is 75.4 Å². The smallest absolute Gasteiger partial charge is 0.244 e. The van der Waals surface area contributed by atoms with E-state index in [-0.39, 0.29) is 29.6 Å². The van der Waals surface area contributed by atoms with Crippen molar-refractivity contribution in [1.82, 2.24) is 24.9 Å². The van der Waals surface area contributed by atoms with E-state index in [1.165, 1.54) is 6.07 Å². The summed E-state index contributed by atoms with van der Waals surface area (Å²) in [4.78, 5) is 25.3. The molecular weight excluding hydrogens is 385 g/mol. The molecule has 1 unspecified atom stereocenters. The van der Waals surface area contributed by atoms with Crippen LogP contribution in [0.2, 0.25) is 0 Å². The fraction of sp³-hybridized carbons (Fsp3) is 0.364. The summed E-state index contributed by atoms with van der Waals surface area (Å²) in [5.41, 5.74) is 1.28. The molecule has 2 aliphatic heterocycles. The Balaban J connectivity index is 1.23. The molecule has 8 heteroatoms. The molecule has 0 N–H and O–H groups in total. The zero-order chi connectivity index (χ0) is 20.7. The lowest BCUT2D eigenvalue weighted by molar-refractivity contribution is -0.142. The van der Waals surface area contributed by atoms with Crippen molar-refractivity contribution in [3.05, 3.63) is 66.1 Å². The van der Waals surface area contributed by atoms with E-state index in [9.17, 15) is 9.18 Å². The van der Waals surface area contributed by atoms with Crippen LogP contribution in [0.1, 0.15) is 23.9 Å². The van der Waals surface area contributed by atoms with Gasteiger partial charge >= 0.3 is 0 Å². The van der Waals surface area contributed by atoms with Crippen molar-refractivity contribution in [3.8, 4) is 11.4 Å². The molecule has 7 nitrogen and oxygen atoms in total. The number of hydrogen-bond acceptors (Lipinski definition) is 6. The van der Waals surface area contributed by atoms with Crippen molar-refractivity contribution in [2.75, 3.05) is 26.7 Å². The zero-order valence-electron chi connectivity index (χ0n) is 16.7. The fourth-order valence-electron chi connectivity index (χ4n) is 4.61. The van der Waals surface area contributed by atoms with Crippen molar-refractivity contribution in [1.29, 1.82) is 0 Å². The van der Waals surface area contributed by atoms with Gasteiger partial charge in [0.2, 0.25) is 17.6 Å². The molecule has 5 rings (SSSR count). The summed E-state index contributed by atoms with van der Waals surface area (Å²) in [6.07, 6.45) is 4.36. The highest BCUT2D eigenvalue weighted by atomic mass is 19.1. The molecule has 0 aliphatic carbocycles. The number of hydrogen-bond donors (Lipinski definition) is 0. The van der Waals surface area contributed by atoms with E-state index in [1.54, 1.807) is 30.6 Å². The van der Waals surface area contributed by atoms with E-state index in [4.69, 9.17) is 4.52 Å². The van der Waals surface area contributed by atoms with Gasteiger partial charge in [-0.05, 0) is 37.2 Å². The second kappa shape index (κ2) is 7.28. The van der Waals surface area contributed by atoms with Crippen LogP contribution >= 0.6 is 0 Å². The Kier molecular flexibility index (Phi) is 4.58. The Morgan fingerprint density at radius 2 is 2.07 bits per heavy atom. The van der Waals surface area contributed by atoms with Gasteiger partial charge < -0.3 is 9.42 Å². The standard InChI is InChI=1S/C22H22FN5O2/c1-27-12-22(13-28(14-22)19(29)9-15-5-2-3-7-17(15)23)10-18(27)21-25-20(26-30-21)16-6-4-8-24-11-16/h2-8,11,18H,9-10,12-14H2,1H3. The molecule has 2 aliphatic rings. The first kappa shape index (κ1) is 18.9. The number of amides is 1. The summed E-state index contributed by atoms with van der Waals surface area (Å²) in [6, 6.07) is 10.2. The third kappa shape index (κ3) is 3.37. The lowest BCUT2D eigenvalue weighted by Gasteiger charge is -2.48. The minimum atomic E-state index is -0.331. The van der Waals surface area contributed by atoms with Crippen LogP contribution in [-0.4, -0.2) is 57.5 Å². The molecule has 1 spiro atoms. The Labute approximate surface area is 173 Å². The molecule has 1 aromatic carbocycles. The Morgan fingerprint density at radius 3 is 2.83 bits per heavy atom. The normalized spacial score (nSPS) is 20.5. The number of halogens is 1. The van der Waals surface area contributed by atoms with E-state index in [0.717, 1.165) is 18.5 Å². The minimum Gasteiger partial charge on any atom is -0.341 e. The van der Waals surface area contributed by atoms with Gasteiger partial charge in [0.25, 0.3) is 0 Å². The summed E-state index contributed by atoms with van der Waals surface area (Å²) in [6.45, 7) is 2.20. The number of aromatic nitrogens is 3. The number of benzene rings is 1. The first-order chi connectivity index (χ1) is 14.5. The van der Waals surface area contributed by atoms with Crippen molar-refractivity contribution < 1.29 is 13.7 Å². The Hall–Kier alpha value is -3.13. The minimum absolute atomic E-state index is 0.0201. The molecule has 0 saturated carbocycles. The van der Waals surface area contributed by atoms with Crippen LogP contribution in [0, 0.1) is 11.2 Å². The maximum atomic E-state index is 13.8. The van der Waals surface area contributed by atoms with Gasteiger partial charge in [0, 0.05) is 43.0 Å². The Morgan fingerprint density at radius 1 is 1.23 bits per heavy atom. The van der Waals surface area contributed by atoms with Crippen LogP contribution in [0.25, 0.3) is 11.4 Å². The molecule has 0 bridgehead atoms. The number of rotatable bonds is 4. The molecule has 0 radical (unpaired) electrons. The first-order valence-corrected chi connectivity index (χ1v) is 9.98. The van der Waals surface area contributed by atoms with Gasteiger partial charge in [-0.1, -0.05) is 23.4 Å². The van der Waals surface area contributed by atoms with Crippen LogP contribution < -0.4 is 0 Å². The second-order valence-corrected chi connectivity index (χ2v) is 8.35. The van der Waals surface area contributed by atoms with Gasteiger partial charge in [0.1, 0.15) is 5.82 Å². The lowest BCUT2D eigenvalue weighted by Crippen LogP contribution is -2.59. The van der Waals surface area contributed by atoms with Crippen molar-refractivity contribution in [3.63, 3.8) is 0 Å². The SMILES string of the molecule is CN1CC2(CC1c1nc(-c3cccnc3)no1)CN(C(=O)Cc1ccccc1F)C2. The van der Waals surface area contributed by atoms with Gasteiger partial charge in [0.05, 0.1) is 12.5 Å². The van der Waals surface area contributed by atoms with E-state index >= 15 is 0 Å². The number of carbonyl (C=O) groups excluding carboxylic acids is 1. The maximum Gasteiger partial charge on any atom is 0.244 e. The van der Waals surface area contributed by atoms with E-state index < -0.39 is 0 Å². The third-order valence-electron chi connectivity index (χ3n) is 6.09. The first-order valence-electron chi connectivity index (χ1n) is 9.98. The summed E-state index contributed by atoms with van der Waals surface area (Å²) in [5, 5.41) is 4.10. The highest BCUT2D eigenvalue weighted by Crippen LogP contribution is 2.47. The monoisotopic (exact) mass is 407 g/mol. The molecule has 2 saturated heterocycles. The molecular formula is C22H22FN5O2. The predicted molar refractivity (Wildman–Crippen MR) is 107 cm³/mol.